The lowest BCUT2D eigenvalue weighted by Crippen LogP contribution is -2.24. The van der Waals surface area contributed by atoms with Gasteiger partial charge in [0.15, 0.2) is 17.4 Å². The van der Waals surface area contributed by atoms with Crippen LogP contribution in [0.1, 0.15) is 18.2 Å². The second-order valence-electron chi connectivity index (χ2n) is 2.69. The van der Waals surface area contributed by atoms with E-state index < -0.39 is 5.92 Å². The third-order valence-corrected chi connectivity index (χ3v) is 1.84. The molecule has 0 aromatic carbocycles. The molecule has 0 saturated heterocycles. The van der Waals surface area contributed by atoms with Gasteiger partial charge in [-0.05, 0) is 16.5 Å². The van der Waals surface area contributed by atoms with E-state index in [1.165, 1.54) is 6.08 Å². The number of hydrogen-bond acceptors (Lipinski definition) is 5. The molecule has 1 heterocycles. The van der Waals surface area contributed by atoms with Crippen LogP contribution in [-0.2, 0) is 9.59 Å². The Kier molecular flexibility index (Phi) is 1.73. The van der Waals surface area contributed by atoms with E-state index in [9.17, 15) is 9.59 Å². The molecule has 1 aromatic rings. The number of carbonyl (C=O) groups is 2. The lowest BCUT2D eigenvalue weighted by Gasteiger charge is -2.10. The number of aromatic amines is 1. The number of nitrogens with zero attached hydrogens (tertiary/aromatic N) is 3. The van der Waals surface area contributed by atoms with Crippen molar-refractivity contribution >= 4 is 11.6 Å². The van der Waals surface area contributed by atoms with E-state index in [1.807, 2.05) is 0 Å². The largest absolute Gasteiger partial charge is 0.298 e. The summed E-state index contributed by atoms with van der Waals surface area (Å²) in [7, 11) is 0. The zero-order valence-corrected chi connectivity index (χ0v) is 6.60. The molecule has 0 aliphatic heterocycles. The van der Waals surface area contributed by atoms with Gasteiger partial charge in [0.2, 0.25) is 0 Å². The number of ketones is 2. The lowest BCUT2D eigenvalue weighted by molar-refractivity contribution is -0.127. The van der Waals surface area contributed by atoms with Crippen molar-refractivity contribution in [1.29, 1.82) is 0 Å². The van der Waals surface area contributed by atoms with Crippen LogP contribution in [0.2, 0.25) is 0 Å². The van der Waals surface area contributed by atoms with E-state index in [2.05, 4.69) is 20.6 Å². The minimum atomic E-state index is -0.833. The molecule has 6 heteroatoms. The minimum Gasteiger partial charge on any atom is -0.298 e. The first-order chi connectivity index (χ1) is 6.29. The maximum Gasteiger partial charge on any atom is 0.173 e. The van der Waals surface area contributed by atoms with Gasteiger partial charge in [-0.25, -0.2) is 5.10 Å². The van der Waals surface area contributed by atoms with Gasteiger partial charge in [0.05, 0.1) is 0 Å². The smallest absolute Gasteiger partial charge is 0.173 e. The minimum absolute atomic E-state index is 0.175. The van der Waals surface area contributed by atoms with E-state index in [1.54, 1.807) is 6.08 Å². The van der Waals surface area contributed by atoms with Crippen molar-refractivity contribution in [3.63, 3.8) is 0 Å². The summed E-state index contributed by atoms with van der Waals surface area (Å²) in [4.78, 5) is 22.6. The standard InChI is InChI=1S/C7H6N4O2/c12-4-2-1-3-5(13)6(4)7-8-10-11-9-7/h1-2,6H,3H2,(H,8,9,10,11). The van der Waals surface area contributed by atoms with Crippen LogP contribution < -0.4 is 0 Å². The number of H-pyrrole nitrogens is 1. The SMILES string of the molecule is O=C1C=CCC(=O)C1c1nnn[nH]1. The van der Waals surface area contributed by atoms with Crippen molar-refractivity contribution in [3.8, 4) is 0 Å². The first-order valence-electron chi connectivity index (χ1n) is 3.76. The fourth-order valence-corrected chi connectivity index (χ4v) is 1.24. The molecule has 0 bridgehead atoms. The summed E-state index contributed by atoms with van der Waals surface area (Å²) in [6, 6.07) is 0. The number of carbonyl (C=O) groups excluding carboxylic acids is 2. The summed E-state index contributed by atoms with van der Waals surface area (Å²) in [5.41, 5.74) is 0. The van der Waals surface area contributed by atoms with E-state index >= 15 is 0 Å². The van der Waals surface area contributed by atoms with Gasteiger partial charge in [-0.15, -0.1) is 5.10 Å². The van der Waals surface area contributed by atoms with Gasteiger partial charge in [-0.3, -0.25) is 9.59 Å². The Balaban J connectivity index is 2.37. The highest BCUT2D eigenvalue weighted by molar-refractivity contribution is 6.14. The molecule has 66 valence electrons. The first kappa shape index (κ1) is 7.78. The Morgan fingerprint density at radius 3 is 2.92 bits per heavy atom. The molecule has 1 aliphatic rings. The van der Waals surface area contributed by atoms with Gasteiger partial charge in [0.25, 0.3) is 0 Å². The van der Waals surface area contributed by atoms with Gasteiger partial charge in [0.1, 0.15) is 5.92 Å². The zero-order chi connectivity index (χ0) is 9.26. The van der Waals surface area contributed by atoms with Crippen molar-refractivity contribution in [2.75, 3.05) is 0 Å². The summed E-state index contributed by atoms with van der Waals surface area (Å²) < 4.78 is 0. The van der Waals surface area contributed by atoms with Crippen molar-refractivity contribution in [1.82, 2.24) is 20.6 Å². The van der Waals surface area contributed by atoms with Crippen LogP contribution in [0.25, 0.3) is 0 Å². The van der Waals surface area contributed by atoms with Crippen LogP contribution in [0, 0.1) is 0 Å². The second kappa shape index (κ2) is 2.89. The van der Waals surface area contributed by atoms with E-state index in [0.29, 0.717) is 0 Å². The number of hydrogen-bond donors (Lipinski definition) is 1. The van der Waals surface area contributed by atoms with E-state index in [4.69, 9.17) is 0 Å². The lowest BCUT2D eigenvalue weighted by atomic mass is 9.91. The van der Waals surface area contributed by atoms with Gasteiger partial charge < -0.3 is 0 Å². The molecule has 13 heavy (non-hydrogen) atoms. The Morgan fingerprint density at radius 2 is 2.31 bits per heavy atom. The molecule has 0 fully saturated rings. The zero-order valence-electron chi connectivity index (χ0n) is 6.60. The Bertz CT molecular complexity index is 368. The monoisotopic (exact) mass is 178 g/mol. The Morgan fingerprint density at radius 1 is 1.46 bits per heavy atom. The van der Waals surface area contributed by atoms with Crippen LogP contribution in [0.3, 0.4) is 0 Å². The molecule has 1 aliphatic carbocycles. The fourth-order valence-electron chi connectivity index (χ4n) is 1.24. The Hall–Kier alpha value is -1.85. The van der Waals surface area contributed by atoms with E-state index in [0.717, 1.165) is 0 Å². The molecule has 6 nitrogen and oxygen atoms in total. The summed E-state index contributed by atoms with van der Waals surface area (Å²) in [6.45, 7) is 0. The van der Waals surface area contributed by atoms with Crippen LogP contribution >= 0.6 is 0 Å². The number of rotatable bonds is 1. The van der Waals surface area contributed by atoms with E-state index in [-0.39, 0.29) is 23.8 Å². The molecule has 1 N–H and O–H groups in total. The summed E-state index contributed by atoms with van der Waals surface area (Å²) in [5.74, 6) is -1.06. The average molecular weight is 178 g/mol. The van der Waals surface area contributed by atoms with Crippen LogP contribution in [0.15, 0.2) is 12.2 Å². The summed E-state index contributed by atoms with van der Waals surface area (Å²) in [6.07, 6.45) is 3.19. The molecule has 0 spiro atoms. The first-order valence-corrected chi connectivity index (χ1v) is 3.76. The van der Waals surface area contributed by atoms with Crippen molar-refractivity contribution in [2.45, 2.75) is 12.3 Å². The molecule has 1 aromatic heterocycles. The highest BCUT2D eigenvalue weighted by Gasteiger charge is 2.31. The number of Topliss-reactive ketones (excluding diaryl/α,β-unsaturated/α-hetero) is 1. The summed E-state index contributed by atoms with van der Waals surface area (Å²) in [5, 5.41) is 12.6. The Labute approximate surface area is 73.0 Å². The van der Waals surface area contributed by atoms with Gasteiger partial charge in [0, 0.05) is 6.42 Å². The van der Waals surface area contributed by atoms with Crippen LogP contribution in [0.4, 0.5) is 0 Å². The molecule has 2 rings (SSSR count). The third-order valence-electron chi connectivity index (χ3n) is 1.84. The highest BCUT2D eigenvalue weighted by atomic mass is 16.2. The predicted octanol–water partition coefficient (Wildman–Crippen LogP) is -0.619. The molecule has 0 radical (unpaired) electrons. The predicted molar refractivity (Wildman–Crippen MR) is 40.7 cm³/mol. The van der Waals surface area contributed by atoms with Crippen LogP contribution in [0.5, 0.6) is 0 Å². The van der Waals surface area contributed by atoms with Crippen molar-refractivity contribution in [2.24, 2.45) is 0 Å². The number of allylic oxidation sites excluding steroid dienone is 2. The molecular weight excluding hydrogens is 172 g/mol. The topological polar surface area (TPSA) is 88.6 Å². The van der Waals surface area contributed by atoms with Gasteiger partial charge in [-0.2, -0.15) is 0 Å². The molecule has 0 saturated carbocycles. The summed E-state index contributed by atoms with van der Waals surface area (Å²) >= 11 is 0. The number of tetrazole rings is 1. The van der Waals surface area contributed by atoms with Crippen molar-refractivity contribution in [3.05, 3.63) is 18.0 Å². The second-order valence-corrected chi connectivity index (χ2v) is 2.69. The van der Waals surface area contributed by atoms with Gasteiger partial charge >= 0.3 is 0 Å². The molecule has 1 unspecified atom stereocenters. The van der Waals surface area contributed by atoms with Crippen LogP contribution in [-0.4, -0.2) is 32.2 Å². The normalized spacial score (nSPS) is 22.3. The molecule has 0 amide bonds. The maximum absolute atomic E-state index is 11.3. The third kappa shape index (κ3) is 1.26. The quantitative estimate of drug-likeness (QED) is 0.579. The average Bonchev–Trinajstić information content (AvgIpc) is 2.57. The van der Waals surface area contributed by atoms with Crippen molar-refractivity contribution < 1.29 is 9.59 Å². The fraction of sp³-hybridized carbons (Fsp3) is 0.286. The molecular formula is C7H6N4O2. The van der Waals surface area contributed by atoms with Gasteiger partial charge in [-0.1, -0.05) is 6.08 Å². The number of nitrogens with one attached hydrogen (secondary N) is 1. The molecule has 1 atom stereocenters. The maximum atomic E-state index is 11.3. The highest BCUT2D eigenvalue weighted by Crippen LogP contribution is 2.19. The number of aromatic nitrogens is 4.